The molecule has 2 aromatic carbocycles. The van der Waals surface area contributed by atoms with E-state index in [0.717, 1.165) is 31.5 Å². The molecule has 1 saturated heterocycles. The molecule has 7 nitrogen and oxygen atoms in total. The Morgan fingerprint density at radius 1 is 1.21 bits per heavy atom. The lowest BCUT2D eigenvalue weighted by molar-refractivity contribution is -0.384. The minimum absolute atomic E-state index is 0. The lowest BCUT2D eigenvalue weighted by Gasteiger charge is -2.31. The molecular formula is C20H25ClN4O3. The first-order valence-corrected chi connectivity index (χ1v) is 9.10. The molecule has 1 aliphatic heterocycles. The third-order valence-electron chi connectivity index (χ3n) is 4.94. The molecule has 0 aliphatic carbocycles. The number of benzene rings is 2. The summed E-state index contributed by atoms with van der Waals surface area (Å²) in [6, 6.07) is 14.5. The lowest BCUT2D eigenvalue weighted by atomic mass is 10.0. The Hall–Kier alpha value is -2.64. The second-order valence-electron chi connectivity index (χ2n) is 6.73. The average Bonchev–Trinajstić information content (AvgIpc) is 2.72. The molecule has 0 bridgehead atoms. The summed E-state index contributed by atoms with van der Waals surface area (Å²) in [6.45, 7) is 2.24. The Morgan fingerprint density at radius 2 is 1.89 bits per heavy atom. The van der Waals surface area contributed by atoms with Gasteiger partial charge in [0.2, 0.25) is 0 Å². The van der Waals surface area contributed by atoms with Gasteiger partial charge in [0.25, 0.3) is 11.6 Å². The van der Waals surface area contributed by atoms with Crippen LogP contribution in [0.4, 0.5) is 11.4 Å². The van der Waals surface area contributed by atoms with E-state index in [1.165, 1.54) is 6.07 Å². The molecule has 2 N–H and O–H groups in total. The predicted octanol–water partition coefficient (Wildman–Crippen LogP) is 3.45. The van der Waals surface area contributed by atoms with Gasteiger partial charge in [-0.1, -0.05) is 30.3 Å². The number of rotatable bonds is 6. The van der Waals surface area contributed by atoms with E-state index in [1.807, 2.05) is 30.3 Å². The fraction of sp³-hybridized carbons (Fsp3) is 0.350. The SMILES string of the molecule is CN(C(=O)c1ccc(NCc2ccccc2)c([N+](=O)[O-])c1)C1CCNCC1.Cl. The third kappa shape index (κ3) is 5.21. The van der Waals surface area contributed by atoms with Gasteiger partial charge in [0.15, 0.2) is 0 Å². The van der Waals surface area contributed by atoms with Gasteiger partial charge >= 0.3 is 0 Å². The quantitative estimate of drug-likeness (QED) is 0.568. The van der Waals surface area contributed by atoms with Gasteiger partial charge in [-0.05, 0) is 43.6 Å². The maximum Gasteiger partial charge on any atom is 0.293 e. The van der Waals surface area contributed by atoms with Crippen LogP contribution in [0, 0.1) is 10.1 Å². The van der Waals surface area contributed by atoms with Crippen LogP contribution < -0.4 is 10.6 Å². The number of anilines is 1. The number of carbonyl (C=O) groups excluding carboxylic acids is 1. The molecule has 28 heavy (non-hydrogen) atoms. The molecule has 0 unspecified atom stereocenters. The van der Waals surface area contributed by atoms with E-state index in [4.69, 9.17) is 0 Å². The number of nitrogens with one attached hydrogen (secondary N) is 2. The Labute approximate surface area is 170 Å². The van der Waals surface area contributed by atoms with E-state index in [9.17, 15) is 14.9 Å². The normalized spacial score (nSPS) is 14.0. The molecule has 0 aromatic heterocycles. The first-order valence-electron chi connectivity index (χ1n) is 9.10. The summed E-state index contributed by atoms with van der Waals surface area (Å²) in [4.78, 5) is 25.5. The number of hydrogen-bond donors (Lipinski definition) is 2. The van der Waals surface area contributed by atoms with Gasteiger partial charge in [0, 0.05) is 31.3 Å². The lowest BCUT2D eigenvalue weighted by Crippen LogP contribution is -2.43. The van der Waals surface area contributed by atoms with Crippen LogP contribution in [-0.4, -0.2) is 41.9 Å². The zero-order valence-electron chi connectivity index (χ0n) is 15.8. The Balaban J connectivity index is 0.00000280. The van der Waals surface area contributed by atoms with Crippen molar-refractivity contribution in [2.45, 2.75) is 25.4 Å². The smallest absolute Gasteiger partial charge is 0.293 e. The minimum atomic E-state index is -0.450. The number of piperidine rings is 1. The number of nitro groups is 1. The maximum absolute atomic E-state index is 12.8. The summed E-state index contributed by atoms with van der Waals surface area (Å²) in [6.07, 6.45) is 1.78. The van der Waals surface area contributed by atoms with Crippen LogP contribution in [0.2, 0.25) is 0 Å². The number of hydrogen-bond acceptors (Lipinski definition) is 5. The zero-order valence-corrected chi connectivity index (χ0v) is 16.6. The monoisotopic (exact) mass is 404 g/mol. The van der Waals surface area contributed by atoms with Crippen molar-refractivity contribution in [3.8, 4) is 0 Å². The van der Waals surface area contributed by atoms with Crippen molar-refractivity contribution in [2.75, 3.05) is 25.5 Å². The molecular weight excluding hydrogens is 380 g/mol. The summed E-state index contributed by atoms with van der Waals surface area (Å²) < 4.78 is 0. The summed E-state index contributed by atoms with van der Waals surface area (Å²) in [5, 5.41) is 17.9. The van der Waals surface area contributed by atoms with Crippen molar-refractivity contribution in [1.29, 1.82) is 0 Å². The van der Waals surface area contributed by atoms with Crippen molar-refractivity contribution >= 4 is 29.7 Å². The van der Waals surface area contributed by atoms with E-state index >= 15 is 0 Å². The van der Waals surface area contributed by atoms with Crippen molar-refractivity contribution in [3.63, 3.8) is 0 Å². The molecule has 0 radical (unpaired) electrons. The standard InChI is InChI=1S/C20H24N4O3.ClH/c1-23(17-9-11-21-12-10-17)20(25)16-7-8-18(19(13-16)24(26)27)22-14-15-5-3-2-4-6-15;/h2-8,13,17,21-22H,9-12,14H2,1H3;1H. The highest BCUT2D eigenvalue weighted by atomic mass is 35.5. The van der Waals surface area contributed by atoms with Gasteiger partial charge < -0.3 is 15.5 Å². The second kappa shape index (κ2) is 10.1. The molecule has 0 spiro atoms. The van der Waals surface area contributed by atoms with Crippen LogP contribution >= 0.6 is 12.4 Å². The predicted molar refractivity (Wildman–Crippen MR) is 112 cm³/mol. The summed E-state index contributed by atoms with van der Waals surface area (Å²) in [5.41, 5.74) is 1.69. The van der Waals surface area contributed by atoms with Crippen LogP contribution in [0.15, 0.2) is 48.5 Å². The van der Waals surface area contributed by atoms with Gasteiger partial charge in [-0.25, -0.2) is 0 Å². The van der Waals surface area contributed by atoms with Gasteiger partial charge in [-0.15, -0.1) is 12.4 Å². The largest absolute Gasteiger partial charge is 0.375 e. The Kier molecular flexibility index (Phi) is 7.78. The van der Waals surface area contributed by atoms with E-state index in [1.54, 1.807) is 24.1 Å². The molecule has 0 saturated carbocycles. The van der Waals surface area contributed by atoms with E-state index < -0.39 is 4.92 Å². The highest BCUT2D eigenvalue weighted by molar-refractivity contribution is 5.95. The fourth-order valence-electron chi connectivity index (χ4n) is 3.32. The average molecular weight is 405 g/mol. The van der Waals surface area contributed by atoms with Crippen LogP contribution in [0.5, 0.6) is 0 Å². The minimum Gasteiger partial charge on any atom is -0.375 e. The zero-order chi connectivity index (χ0) is 19.2. The van der Waals surface area contributed by atoms with Gasteiger partial charge in [0.05, 0.1) is 4.92 Å². The van der Waals surface area contributed by atoms with Crippen molar-refractivity contribution in [1.82, 2.24) is 10.2 Å². The van der Waals surface area contributed by atoms with Gasteiger partial charge in [-0.2, -0.15) is 0 Å². The van der Waals surface area contributed by atoms with E-state index in [-0.39, 0.29) is 30.0 Å². The molecule has 0 atom stereocenters. The van der Waals surface area contributed by atoms with Gasteiger partial charge in [0.1, 0.15) is 5.69 Å². The molecule has 2 aromatic rings. The molecule has 1 amide bonds. The maximum atomic E-state index is 12.8. The molecule has 1 fully saturated rings. The van der Waals surface area contributed by atoms with Crippen molar-refractivity contribution in [2.24, 2.45) is 0 Å². The Bertz CT molecular complexity index is 810. The first-order chi connectivity index (χ1) is 13.1. The summed E-state index contributed by atoms with van der Waals surface area (Å²) >= 11 is 0. The number of carbonyl (C=O) groups is 1. The Morgan fingerprint density at radius 3 is 2.54 bits per heavy atom. The topological polar surface area (TPSA) is 87.5 Å². The van der Waals surface area contributed by atoms with E-state index in [2.05, 4.69) is 10.6 Å². The van der Waals surface area contributed by atoms with Crippen molar-refractivity contribution < 1.29 is 9.72 Å². The number of amides is 1. The molecule has 1 heterocycles. The van der Waals surface area contributed by atoms with Crippen LogP contribution in [0.25, 0.3) is 0 Å². The number of nitrogens with zero attached hydrogens (tertiary/aromatic N) is 2. The molecule has 1 aliphatic rings. The second-order valence-corrected chi connectivity index (χ2v) is 6.73. The van der Waals surface area contributed by atoms with E-state index in [0.29, 0.717) is 17.8 Å². The third-order valence-corrected chi connectivity index (χ3v) is 4.94. The van der Waals surface area contributed by atoms with Crippen LogP contribution in [-0.2, 0) is 6.54 Å². The first kappa shape index (κ1) is 21.7. The summed E-state index contributed by atoms with van der Waals surface area (Å²) in [5.74, 6) is -0.181. The van der Waals surface area contributed by atoms with Crippen molar-refractivity contribution in [3.05, 3.63) is 69.8 Å². The molecule has 3 rings (SSSR count). The fourth-order valence-corrected chi connectivity index (χ4v) is 3.32. The van der Waals surface area contributed by atoms with Crippen LogP contribution in [0.1, 0.15) is 28.8 Å². The highest BCUT2D eigenvalue weighted by Crippen LogP contribution is 2.27. The molecule has 150 valence electrons. The number of halogens is 1. The highest BCUT2D eigenvalue weighted by Gasteiger charge is 2.25. The number of nitro benzene ring substituents is 1. The van der Waals surface area contributed by atoms with Crippen LogP contribution in [0.3, 0.4) is 0 Å². The summed E-state index contributed by atoms with van der Waals surface area (Å²) in [7, 11) is 1.77. The van der Waals surface area contributed by atoms with Gasteiger partial charge in [-0.3, -0.25) is 14.9 Å². The molecule has 8 heteroatoms.